The van der Waals surface area contributed by atoms with Crippen molar-refractivity contribution >= 4 is 39.1 Å². The molecule has 0 spiro atoms. The molecule has 1 atom stereocenters. The maximum absolute atomic E-state index is 12.4. The molecule has 1 fully saturated rings. The predicted molar refractivity (Wildman–Crippen MR) is 75.1 cm³/mol. The first-order valence-electron chi connectivity index (χ1n) is 5.93. The van der Waals surface area contributed by atoms with E-state index in [0.717, 1.165) is 9.35 Å². The number of hydrogen-bond donors (Lipinski definition) is 0. The van der Waals surface area contributed by atoms with Crippen molar-refractivity contribution in [1.29, 1.82) is 0 Å². The number of thiophene rings is 1. The molecule has 1 unspecified atom stereocenters. The second kappa shape index (κ2) is 4.78. The molecular formula is C13H16BrNO2S. The Bertz CT molecular complexity index is 497. The third-order valence-electron chi connectivity index (χ3n) is 3.82. The van der Waals surface area contributed by atoms with Crippen LogP contribution < -0.4 is 0 Å². The average molecular weight is 330 g/mol. The lowest BCUT2D eigenvalue weighted by Crippen LogP contribution is -2.36. The molecule has 2 rings (SSSR count). The number of nitrogens with zero attached hydrogens (tertiary/aromatic N) is 1. The number of carbonyl (C=O) groups is 2. The molecule has 1 aromatic heterocycles. The maximum Gasteiger partial charge on any atom is 0.236 e. The number of imide groups is 1. The highest BCUT2D eigenvalue weighted by Crippen LogP contribution is 2.40. The van der Waals surface area contributed by atoms with Crippen molar-refractivity contribution in [2.45, 2.75) is 33.7 Å². The summed E-state index contributed by atoms with van der Waals surface area (Å²) in [6, 6.07) is 1.94. The monoisotopic (exact) mass is 329 g/mol. The molecule has 0 bridgehead atoms. The van der Waals surface area contributed by atoms with Crippen molar-refractivity contribution in [3.8, 4) is 0 Å². The number of halogens is 1. The third kappa shape index (κ3) is 2.14. The molecule has 0 saturated carbocycles. The van der Waals surface area contributed by atoms with E-state index < -0.39 is 5.41 Å². The van der Waals surface area contributed by atoms with Crippen LogP contribution in [0.4, 0.5) is 0 Å². The zero-order chi connectivity index (χ0) is 13.5. The Hall–Kier alpha value is -0.680. The molecule has 0 aliphatic carbocycles. The van der Waals surface area contributed by atoms with Gasteiger partial charge in [-0.2, -0.15) is 0 Å². The SMILES string of the molecule is CC(C)C1(C)CC(=O)N(Cc2sccc2Br)C1=O. The molecule has 0 aromatic carbocycles. The van der Waals surface area contributed by atoms with Crippen molar-refractivity contribution < 1.29 is 9.59 Å². The topological polar surface area (TPSA) is 37.4 Å². The van der Waals surface area contributed by atoms with Gasteiger partial charge in [0.15, 0.2) is 0 Å². The Balaban J connectivity index is 2.23. The lowest BCUT2D eigenvalue weighted by Gasteiger charge is -2.25. The van der Waals surface area contributed by atoms with Crippen LogP contribution >= 0.6 is 27.3 Å². The summed E-state index contributed by atoms with van der Waals surface area (Å²) in [6.45, 7) is 6.27. The van der Waals surface area contributed by atoms with Crippen molar-refractivity contribution in [2.75, 3.05) is 0 Å². The van der Waals surface area contributed by atoms with Crippen LogP contribution in [0.2, 0.25) is 0 Å². The molecule has 2 amide bonds. The van der Waals surface area contributed by atoms with E-state index in [9.17, 15) is 9.59 Å². The Morgan fingerprint density at radius 1 is 1.50 bits per heavy atom. The van der Waals surface area contributed by atoms with Gasteiger partial charge in [0.25, 0.3) is 0 Å². The molecule has 98 valence electrons. The first-order chi connectivity index (χ1) is 8.36. The first kappa shape index (κ1) is 13.7. The summed E-state index contributed by atoms with van der Waals surface area (Å²) in [6.07, 6.45) is 0.326. The summed E-state index contributed by atoms with van der Waals surface area (Å²) in [7, 11) is 0. The number of carbonyl (C=O) groups excluding carboxylic acids is 2. The Kier molecular flexibility index (Phi) is 3.65. The number of hydrogen-bond acceptors (Lipinski definition) is 3. The molecule has 1 aliphatic heterocycles. The predicted octanol–water partition coefficient (Wildman–Crippen LogP) is 3.43. The van der Waals surface area contributed by atoms with E-state index in [2.05, 4.69) is 15.9 Å². The Morgan fingerprint density at radius 3 is 2.61 bits per heavy atom. The van der Waals surface area contributed by atoms with E-state index in [4.69, 9.17) is 0 Å². The van der Waals surface area contributed by atoms with Gasteiger partial charge in [0, 0.05) is 15.8 Å². The fraction of sp³-hybridized carbons (Fsp3) is 0.538. The van der Waals surface area contributed by atoms with Crippen LogP contribution in [0.15, 0.2) is 15.9 Å². The van der Waals surface area contributed by atoms with E-state index in [1.807, 2.05) is 32.2 Å². The fourth-order valence-corrected chi connectivity index (χ4v) is 3.56. The minimum atomic E-state index is -0.541. The second-order valence-corrected chi connectivity index (χ2v) is 7.08. The molecule has 2 heterocycles. The standard InChI is InChI=1S/C13H16BrNO2S/c1-8(2)13(3)6-11(16)15(12(13)17)7-10-9(14)4-5-18-10/h4-5,8H,6-7H2,1-3H3. The molecule has 1 saturated heterocycles. The van der Waals surface area contributed by atoms with Gasteiger partial charge in [-0.1, -0.05) is 13.8 Å². The quantitative estimate of drug-likeness (QED) is 0.796. The molecule has 3 nitrogen and oxygen atoms in total. The van der Waals surface area contributed by atoms with Crippen LogP contribution in [0.25, 0.3) is 0 Å². The lowest BCUT2D eigenvalue weighted by atomic mass is 9.78. The smallest absolute Gasteiger partial charge is 0.236 e. The Morgan fingerprint density at radius 2 is 2.17 bits per heavy atom. The fourth-order valence-electron chi connectivity index (χ4n) is 2.10. The molecule has 1 aliphatic rings. The van der Waals surface area contributed by atoms with Crippen LogP contribution in [0.5, 0.6) is 0 Å². The number of rotatable bonds is 3. The zero-order valence-corrected chi connectivity index (χ0v) is 13.1. The zero-order valence-electron chi connectivity index (χ0n) is 10.7. The summed E-state index contributed by atoms with van der Waals surface area (Å²) < 4.78 is 0.964. The summed E-state index contributed by atoms with van der Waals surface area (Å²) in [5.74, 6) is 0.0741. The summed E-state index contributed by atoms with van der Waals surface area (Å²) >= 11 is 4.99. The van der Waals surface area contributed by atoms with Gasteiger partial charge in [0.05, 0.1) is 12.0 Å². The molecule has 0 radical (unpaired) electrons. The van der Waals surface area contributed by atoms with Crippen molar-refractivity contribution in [1.82, 2.24) is 4.90 Å². The van der Waals surface area contributed by atoms with Crippen molar-refractivity contribution in [2.24, 2.45) is 11.3 Å². The van der Waals surface area contributed by atoms with Crippen LogP contribution in [0.3, 0.4) is 0 Å². The number of likely N-dealkylation sites (tertiary alicyclic amines) is 1. The van der Waals surface area contributed by atoms with E-state index in [1.165, 1.54) is 4.90 Å². The van der Waals surface area contributed by atoms with E-state index in [1.54, 1.807) is 11.3 Å². The first-order valence-corrected chi connectivity index (χ1v) is 7.60. The molecular weight excluding hydrogens is 314 g/mol. The minimum absolute atomic E-state index is 0.0391. The van der Waals surface area contributed by atoms with Gasteiger partial charge in [-0.05, 0) is 40.2 Å². The highest BCUT2D eigenvalue weighted by Gasteiger charge is 2.49. The van der Waals surface area contributed by atoms with Crippen LogP contribution in [0, 0.1) is 11.3 Å². The Labute approximate surface area is 119 Å². The van der Waals surface area contributed by atoms with Crippen LogP contribution in [-0.2, 0) is 16.1 Å². The summed E-state index contributed by atoms with van der Waals surface area (Å²) in [5, 5.41) is 1.95. The van der Waals surface area contributed by atoms with Gasteiger partial charge in [-0.3, -0.25) is 14.5 Å². The number of amides is 2. The molecule has 5 heteroatoms. The van der Waals surface area contributed by atoms with Gasteiger partial charge in [-0.25, -0.2) is 0 Å². The van der Waals surface area contributed by atoms with Gasteiger partial charge in [0.2, 0.25) is 11.8 Å². The highest BCUT2D eigenvalue weighted by atomic mass is 79.9. The average Bonchev–Trinajstić information content (AvgIpc) is 2.78. The van der Waals surface area contributed by atoms with Crippen molar-refractivity contribution in [3.05, 3.63) is 20.8 Å². The second-order valence-electron chi connectivity index (χ2n) is 5.23. The van der Waals surface area contributed by atoms with Crippen LogP contribution in [0.1, 0.15) is 32.1 Å². The largest absolute Gasteiger partial charge is 0.277 e. The van der Waals surface area contributed by atoms with Gasteiger partial charge < -0.3 is 0 Å². The highest BCUT2D eigenvalue weighted by molar-refractivity contribution is 9.10. The van der Waals surface area contributed by atoms with Crippen LogP contribution in [-0.4, -0.2) is 16.7 Å². The van der Waals surface area contributed by atoms with Gasteiger partial charge in [-0.15, -0.1) is 11.3 Å². The van der Waals surface area contributed by atoms with E-state index in [0.29, 0.717) is 13.0 Å². The maximum atomic E-state index is 12.4. The normalized spacial score (nSPS) is 24.4. The minimum Gasteiger partial charge on any atom is -0.277 e. The summed E-state index contributed by atoms with van der Waals surface area (Å²) in [4.78, 5) is 26.9. The van der Waals surface area contributed by atoms with Crippen molar-refractivity contribution in [3.63, 3.8) is 0 Å². The summed E-state index contributed by atoms with van der Waals surface area (Å²) in [5.41, 5.74) is -0.541. The lowest BCUT2D eigenvalue weighted by molar-refractivity contribution is -0.142. The third-order valence-corrected chi connectivity index (χ3v) is 5.73. The molecule has 18 heavy (non-hydrogen) atoms. The van der Waals surface area contributed by atoms with E-state index >= 15 is 0 Å². The van der Waals surface area contributed by atoms with Gasteiger partial charge >= 0.3 is 0 Å². The molecule has 0 N–H and O–H groups in total. The molecule has 1 aromatic rings. The van der Waals surface area contributed by atoms with Gasteiger partial charge in [0.1, 0.15) is 0 Å². The van der Waals surface area contributed by atoms with E-state index in [-0.39, 0.29) is 17.7 Å².